The lowest BCUT2D eigenvalue weighted by atomic mass is 9.33. The molecule has 2 aromatic heterocycles. The lowest BCUT2D eigenvalue weighted by Crippen LogP contribution is -2.60. The van der Waals surface area contributed by atoms with E-state index in [9.17, 15) is 0 Å². The highest BCUT2D eigenvalue weighted by atomic mass is 15.0. The van der Waals surface area contributed by atoms with Crippen LogP contribution in [0.5, 0.6) is 0 Å². The van der Waals surface area contributed by atoms with Crippen molar-refractivity contribution in [2.24, 2.45) is 0 Å². The van der Waals surface area contributed by atoms with Crippen LogP contribution >= 0.6 is 0 Å². The van der Waals surface area contributed by atoms with Gasteiger partial charge in [-0.2, -0.15) is 0 Å². The molecule has 0 bridgehead atoms. The van der Waals surface area contributed by atoms with Gasteiger partial charge in [0.1, 0.15) is 0 Å². The fraction of sp³-hybridized carbons (Fsp3) is 0.186. The van der Waals surface area contributed by atoms with Crippen LogP contribution in [0.15, 0.2) is 146 Å². The Labute approximate surface area is 365 Å². The number of rotatable bonds is 3. The Balaban J connectivity index is 1.37. The Bertz CT molecular complexity index is 3530. The zero-order valence-electron chi connectivity index (χ0n) is 37.3. The second-order valence-corrected chi connectivity index (χ2v) is 20.4. The molecule has 0 saturated heterocycles. The predicted octanol–water partition coefficient (Wildman–Crippen LogP) is 13.5. The Kier molecular flexibility index (Phi) is 7.65. The largest absolute Gasteiger partial charge is 0.310 e. The van der Waals surface area contributed by atoms with Crippen LogP contribution in [0.2, 0.25) is 0 Å². The van der Waals surface area contributed by atoms with E-state index in [4.69, 9.17) is 0 Å². The Morgan fingerprint density at radius 1 is 0.435 bits per heavy atom. The number of aromatic nitrogens is 2. The number of benzene rings is 8. The lowest BCUT2D eigenvalue weighted by molar-refractivity contribution is 0.590. The van der Waals surface area contributed by atoms with Crippen LogP contribution in [0, 0.1) is 20.8 Å². The molecular weight excluding hydrogens is 747 g/mol. The summed E-state index contributed by atoms with van der Waals surface area (Å²) in [6, 6.07) is 56.1. The van der Waals surface area contributed by atoms with E-state index in [1.54, 1.807) is 0 Å². The molecule has 62 heavy (non-hydrogen) atoms. The van der Waals surface area contributed by atoms with Crippen molar-refractivity contribution in [3.8, 4) is 44.9 Å². The monoisotopic (exact) mass is 798 g/mol. The summed E-state index contributed by atoms with van der Waals surface area (Å²) >= 11 is 0. The van der Waals surface area contributed by atoms with Gasteiger partial charge in [-0.3, -0.25) is 0 Å². The summed E-state index contributed by atoms with van der Waals surface area (Å²) < 4.78 is 5.35. The summed E-state index contributed by atoms with van der Waals surface area (Å²) in [5.74, 6) is 0. The molecule has 0 N–H and O–H groups in total. The highest BCUT2D eigenvalue weighted by Crippen LogP contribution is 2.48. The van der Waals surface area contributed by atoms with E-state index in [0.29, 0.717) is 0 Å². The first-order valence-electron chi connectivity index (χ1n) is 22.4. The van der Waals surface area contributed by atoms with E-state index >= 15 is 0 Å². The second kappa shape index (κ2) is 12.7. The minimum absolute atomic E-state index is 0.00112. The molecule has 0 saturated carbocycles. The van der Waals surface area contributed by atoms with Gasteiger partial charge in [0.05, 0.1) is 16.7 Å². The molecule has 2 aliphatic rings. The van der Waals surface area contributed by atoms with Crippen molar-refractivity contribution in [3.05, 3.63) is 173 Å². The van der Waals surface area contributed by atoms with Crippen molar-refractivity contribution in [1.29, 1.82) is 0 Å². The standard InChI is InChI=1S/C59H51BN2/c1-34-26-35(2)51(36(3)27-34)40-29-49-54-50(30-40)62-55(38-20-14-11-15-21-38)52(37-18-12-10-13-19-37)46-28-39-22-16-17-23-43(39)53(57(46)62)60(54)47-33-42(59(7,8)9)32-45-44-31-41(58(4,5)6)24-25-48(44)61(49)56(45)47/h10-33H,1-9H3. The molecule has 8 aromatic carbocycles. The van der Waals surface area contributed by atoms with Crippen LogP contribution in [0.1, 0.15) is 69.4 Å². The average Bonchev–Trinajstić information content (AvgIpc) is 3.76. The maximum atomic E-state index is 2.69. The van der Waals surface area contributed by atoms with Gasteiger partial charge >= 0.3 is 0 Å². The SMILES string of the molecule is Cc1cc(C)c(-c2cc3c4c(c2)-n2c5ccc(C(C)(C)C)cc5c5cc(C(C)(C)C)cc(c52)B4c2c4ccccc4cc4c(-c5ccccc5)c(-c5ccccc5)n-3c24)c(C)c1. The quantitative estimate of drug-likeness (QED) is 0.158. The van der Waals surface area contributed by atoms with E-state index < -0.39 is 0 Å². The molecule has 0 aliphatic carbocycles. The van der Waals surface area contributed by atoms with Crippen LogP contribution in [0.3, 0.4) is 0 Å². The maximum absolute atomic E-state index is 2.69. The van der Waals surface area contributed by atoms with E-state index in [-0.39, 0.29) is 17.5 Å². The van der Waals surface area contributed by atoms with Crippen molar-refractivity contribution in [1.82, 2.24) is 9.13 Å². The average molecular weight is 799 g/mol. The van der Waals surface area contributed by atoms with Crippen molar-refractivity contribution in [3.63, 3.8) is 0 Å². The van der Waals surface area contributed by atoms with Crippen LogP contribution in [-0.4, -0.2) is 15.8 Å². The van der Waals surface area contributed by atoms with E-state index in [0.717, 1.165) is 0 Å². The molecule has 0 spiro atoms. The molecule has 2 aliphatic heterocycles. The maximum Gasteiger partial charge on any atom is 0.253 e. The normalized spacial score (nSPS) is 13.2. The second-order valence-electron chi connectivity index (χ2n) is 20.4. The minimum atomic E-state index is -0.0574. The molecule has 0 atom stereocenters. The summed E-state index contributed by atoms with van der Waals surface area (Å²) in [4.78, 5) is 0. The van der Waals surface area contributed by atoms with Crippen LogP contribution in [0.25, 0.3) is 88.4 Å². The number of hydrogen-bond donors (Lipinski definition) is 0. The van der Waals surface area contributed by atoms with Crippen molar-refractivity contribution >= 4 is 66.6 Å². The summed E-state index contributed by atoms with van der Waals surface area (Å²) in [7, 11) is 0. The highest BCUT2D eigenvalue weighted by Gasteiger charge is 2.44. The number of aryl methyl sites for hydroxylation is 3. The fourth-order valence-corrected chi connectivity index (χ4v) is 11.5. The van der Waals surface area contributed by atoms with Crippen molar-refractivity contribution < 1.29 is 0 Å². The Hall–Kier alpha value is -6.58. The third-order valence-corrected chi connectivity index (χ3v) is 14.2. The lowest BCUT2D eigenvalue weighted by Gasteiger charge is -2.36. The zero-order valence-corrected chi connectivity index (χ0v) is 37.3. The fourth-order valence-electron chi connectivity index (χ4n) is 11.5. The third-order valence-electron chi connectivity index (χ3n) is 14.2. The van der Waals surface area contributed by atoms with Crippen molar-refractivity contribution in [2.75, 3.05) is 0 Å². The Morgan fingerprint density at radius 2 is 1.05 bits per heavy atom. The number of nitrogens with zero attached hydrogens (tertiary/aromatic N) is 2. The van der Waals surface area contributed by atoms with Gasteiger partial charge in [-0.1, -0.05) is 156 Å². The molecule has 0 radical (unpaired) electrons. The highest BCUT2D eigenvalue weighted by molar-refractivity contribution is 7.01. The Morgan fingerprint density at radius 3 is 1.73 bits per heavy atom. The summed E-state index contributed by atoms with van der Waals surface area (Å²) in [6.07, 6.45) is 0. The van der Waals surface area contributed by atoms with Gasteiger partial charge in [-0.05, 0) is 140 Å². The van der Waals surface area contributed by atoms with Crippen LogP contribution in [0.4, 0.5) is 0 Å². The topological polar surface area (TPSA) is 9.86 Å². The predicted molar refractivity (Wildman–Crippen MR) is 268 cm³/mol. The van der Waals surface area contributed by atoms with Crippen LogP contribution in [-0.2, 0) is 10.8 Å². The molecule has 10 aromatic rings. The third kappa shape index (κ3) is 5.12. The molecule has 4 heterocycles. The molecule has 0 amide bonds. The first kappa shape index (κ1) is 37.2. The van der Waals surface area contributed by atoms with Gasteiger partial charge in [0.2, 0.25) is 0 Å². The summed E-state index contributed by atoms with van der Waals surface area (Å²) in [6.45, 7) is 21.0. The van der Waals surface area contributed by atoms with Gasteiger partial charge < -0.3 is 9.13 Å². The summed E-state index contributed by atoms with van der Waals surface area (Å²) in [5, 5.41) is 6.58. The van der Waals surface area contributed by atoms with Gasteiger partial charge in [-0.25, -0.2) is 0 Å². The first-order valence-corrected chi connectivity index (χ1v) is 22.4. The van der Waals surface area contributed by atoms with Gasteiger partial charge in [0.15, 0.2) is 0 Å². The minimum Gasteiger partial charge on any atom is -0.310 e. The van der Waals surface area contributed by atoms with E-state index in [2.05, 4.69) is 217 Å². The molecular formula is C59H51BN2. The van der Waals surface area contributed by atoms with Crippen molar-refractivity contribution in [2.45, 2.75) is 73.1 Å². The van der Waals surface area contributed by atoms with Gasteiger partial charge in [0, 0.05) is 38.6 Å². The molecule has 3 heteroatoms. The molecule has 2 nitrogen and oxygen atoms in total. The molecule has 12 rings (SSSR count). The van der Waals surface area contributed by atoms with E-state index in [1.165, 1.54) is 133 Å². The number of fused-ring (bicyclic) bond motifs is 9. The summed E-state index contributed by atoms with van der Waals surface area (Å²) in [5.41, 5.74) is 24.8. The van der Waals surface area contributed by atoms with Gasteiger partial charge in [-0.15, -0.1) is 0 Å². The number of hydrogen-bond acceptors (Lipinski definition) is 0. The van der Waals surface area contributed by atoms with Crippen LogP contribution < -0.4 is 16.4 Å². The smallest absolute Gasteiger partial charge is 0.253 e. The zero-order chi connectivity index (χ0) is 42.6. The van der Waals surface area contributed by atoms with Gasteiger partial charge in [0.25, 0.3) is 6.71 Å². The molecule has 300 valence electrons. The molecule has 0 fully saturated rings. The first-order chi connectivity index (χ1) is 29.8. The van der Waals surface area contributed by atoms with E-state index in [1.807, 2.05) is 0 Å². The molecule has 0 unspecified atom stereocenters.